The average Bonchev–Trinajstić information content (AvgIpc) is 1.94. The van der Waals surface area contributed by atoms with Crippen molar-refractivity contribution in [2.45, 2.75) is 66.3 Å². The SMILES string of the molecule is CC1(C)CC(=CC(C)(C)N=[N+]=[N-])CC(C)(C)C1. The number of rotatable bonds is 2. The smallest absolute Gasteiger partial charge is 0.0614 e. The van der Waals surface area contributed by atoms with Crippen molar-refractivity contribution in [3.05, 3.63) is 22.1 Å². The Bertz CT molecular complexity index is 351. The standard InChI is InChI=1S/C14H25N3/c1-12(2)7-11(8-13(3,4)10-12)9-14(5,6)16-17-15/h9H,7-8,10H2,1-6H3. The second-order valence-corrected chi connectivity index (χ2v) is 7.50. The zero-order valence-corrected chi connectivity index (χ0v) is 12.0. The van der Waals surface area contributed by atoms with Crippen LogP contribution in [0.2, 0.25) is 0 Å². The van der Waals surface area contributed by atoms with Crippen LogP contribution in [0, 0.1) is 10.8 Å². The molecule has 0 spiro atoms. The van der Waals surface area contributed by atoms with E-state index in [1.54, 1.807) is 0 Å². The molecule has 0 radical (unpaired) electrons. The molecule has 0 aromatic heterocycles. The number of nitrogens with zero attached hydrogens (tertiary/aromatic N) is 3. The lowest BCUT2D eigenvalue weighted by Gasteiger charge is -2.42. The highest BCUT2D eigenvalue weighted by molar-refractivity contribution is 5.18. The molecular formula is C14H25N3. The van der Waals surface area contributed by atoms with Crippen molar-refractivity contribution >= 4 is 0 Å². The first kappa shape index (κ1) is 14.1. The first-order valence-electron chi connectivity index (χ1n) is 6.32. The molecule has 1 aliphatic carbocycles. The van der Waals surface area contributed by atoms with E-state index >= 15 is 0 Å². The Kier molecular flexibility index (Phi) is 3.63. The summed E-state index contributed by atoms with van der Waals surface area (Å²) in [5, 5.41) is 3.85. The third-order valence-electron chi connectivity index (χ3n) is 3.23. The fraction of sp³-hybridized carbons (Fsp3) is 0.857. The van der Waals surface area contributed by atoms with Gasteiger partial charge in [-0.2, -0.15) is 0 Å². The van der Waals surface area contributed by atoms with Crippen molar-refractivity contribution < 1.29 is 0 Å². The van der Waals surface area contributed by atoms with E-state index in [0.717, 1.165) is 12.8 Å². The fourth-order valence-corrected chi connectivity index (χ4v) is 3.46. The predicted molar refractivity (Wildman–Crippen MR) is 72.7 cm³/mol. The minimum atomic E-state index is -0.409. The third-order valence-corrected chi connectivity index (χ3v) is 3.23. The second kappa shape index (κ2) is 4.38. The maximum absolute atomic E-state index is 8.57. The molecule has 0 bridgehead atoms. The molecule has 3 heteroatoms. The molecule has 96 valence electrons. The van der Waals surface area contributed by atoms with Crippen LogP contribution < -0.4 is 0 Å². The summed E-state index contributed by atoms with van der Waals surface area (Å²) in [5.74, 6) is 0. The lowest BCUT2D eigenvalue weighted by Crippen LogP contribution is -2.30. The zero-order chi connectivity index (χ0) is 13.3. The molecule has 1 aliphatic rings. The van der Waals surface area contributed by atoms with E-state index in [4.69, 9.17) is 5.53 Å². The van der Waals surface area contributed by atoms with Crippen LogP contribution in [-0.4, -0.2) is 5.54 Å². The van der Waals surface area contributed by atoms with Gasteiger partial charge in [0.25, 0.3) is 0 Å². The molecule has 0 heterocycles. The lowest BCUT2D eigenvalue weighted by atomic mass is 9.63. The number of allylic oxidation sites excluding steroid dienone is 1. The maximum atomic E-state index is 8.57. The first-order chi connectivity index (χ1) is 7.55. The quantitative estimate of drug-likeness (QED) is 0.272. The predicted octanol–water partition coefficient (Wildman–Crippen LogP) is 5.24. The van der Waals surface area contributed by atoms with E-state index in [0.29, 0.717) is 10.8 Å². The molecule has 0 atom stereocenters. The van der Waals surface area contributed by atoms with Crippen LogP contribution in [0.3, 0.4) is 0 Å². The van der Waals surface area contributed by atoms with E-state index in [1.165, 1.54) is 12.0 Å². The summed E-state index contributed by atoms with van der Waals surface area (Å²) in [6.45, 7) is 13.2. The van der Waals surface area contributed by atoms with Gasteiger partial charge < -0.3 is 0 Å². The van der Waals surface area contributed by atoms with Gasteiger partial charge in [0.05, 0.1) is 5.54 Å². The minimum absolute atomic E-state index is 0.347. The van der Waals surface area contributed by atoms with Crippen LogP contribution in [0.25, 0.3) is 10.4 Å². The molecular weight excluding hydrogens is 210 g/mol. The molecule has 17 heavy (non-hydrogen) atoms. The van der Waals surface area contributed by atoms with Gasteiger partial charge in [-0.15, -0.1) is 0 Å². The van der Waals surface area contributed by atoms with Gasteiger partial charge in [0.2, 0.25) is 0 Å². The molecule has 0 amide bonds. The molecule has 0 saturated heterocycles. The summed E-state index contributed by atoms with van der Waals surface area (Å²) in [4.78, 5) is 2.93. The summed E-state index contributed by atoms with van der Waals surface area (Å²) in [7, 11) is 0. The molecule has 0 aromatic rings. The molecule has 1 fully saturated rings. The zero-order valence-electron chi connectivity index (χ0n) is 12.0. The van der Waals surface area contributed by atoms with Crippen molar-refractivity contribution in [2.24, 2.45) is 15.9 Å². The normalized spacial score (nSPS) is 22.8. The van der Waals surface area contributed by atoms with Crippen LogP contribution in [0.4, 0.5) is 0 Å². The third kappa shape index (κ3) is 4.43. The van der Waals surface area contributed by atoms with Crippen LogP contribution in [0.1, 0.15) is 60.8 Å². The molecule has 0 unspecified atom stereocenters. The molecule has 0 aliphatic heterocycles. The van der Waals surface area contributed by atoms with E-state index in [2.05, 4.69) is 43.8 Å². The van der Waals surface area contributed by atoms with Crippen molar-refractivity contribution in [1.82, 2.24) is 0 Å². The Morgan fingerprint density at radius 2 is 1.65 bits per heavy atom. The fourth-order valence-electron chi connectivity index (χ4n) is 3.46. The van der Waals surface area contributed by atoms with E-state index < -0.39 is 5.54 Å². The Balaban J connectivity index is 2.99. The minimum Gasteiger partial charge on any atom is -0.0838 e. The molecule has 0 N–H and O–H groups in total. The van der Waals surface area contributed by atoms with Crippen molar-refractivity contribution in [3.63, 3.8) is 0 Å². The summed E-state index contributed by atoms with van der Waals surface area (Å²) < 4.78 is 0. The lowest BCUT2D eigenvalue weighted by molar-refractivity contribution is 0.153. The van der Waals surface area contributed by atoms with Gasteiger partial charge in [0, 0.05) is 4.91 Å². The Morgan fingerprint density at radius 3 is 2.06 bits per heavy atom. The highest BCUT2D eigenvalue weighted by Gasteiger charge is 2.36. The van der Waals surface area contributed by atoms with Crippen molar-refractivity contribution in [3.8, 4) is 0 Å². The summed E-state index contributed by atoms with van der Waals surface area (Å²) in [6.07, 6.45) is 5.64. The Hall–Kier alpha value is -0.950. The van der Waals surface area contributed by atoms with Gasteiger partial charge in [0.1, 0.15) is 0 Å². The first-order valence-corrected chi connectivity index (χ1v) is 6.32. The monoisotopic (exact) mass is 235 g/mol. The van der Waals surface area contributed by atoms with Crippen LogP contribution in [0.5, 0.6) is 0 Å². The van der Waals surface area contributed by atoms with Crippen LogP contribution in [-0.2, 0) is 0 Å². The number of azide groups is 1. The Morgan fingerprint density at radius 1 is 1.18 bits per heavy atom. The van der Waals surface area contributed by atoms with Crippen LogP contribution in [0.15, 0.2) is 16.8 Å². The molecule has 0 aromatic carbocycles. The molecule has 1 saturated carbocycles. The van der Waals surface area contributed by atoms with Gasteiger partial charge in [-0.3, -0.25) is 0 Å². The van der Waals surface area contributed by atoms with Gasteiger partial charge in [0.15, 0.2) is 0 Å². The highest BCUT2D eigenvalue weighted by Crippen LogP contribution is 2.48. The summed E-state index contributed by atoms with van der Waals surface area (Å²) in [6, 6.07) is 0. The van der Waals surface area contributed by atoms with Crippen molar-refractivity contribution in [1.29, 1.82) is 0 Å². The van der Waals surface area contributed by atoms with Crippen LogP contribution >= 0.6 is 0 Å². The van der Waals surface area contributed by atoms with E-state index in [9.17, 15) is 0 Å². The van der Waals surface area contributed by atoms with Gasteiger partial charge >= 0.3 is 0 Å². The maximum Gasteiger partial charge on any atom is 0.0614 e. The van der Waals surface area contributed by atoms with Gasteiger partial charge in [-0.05, 0) is 35.6 Å². The van der Waals surface area contributed by atoms with Gasteiger partial charge in [-0.1, -0.05) is 58.3 Å². The summed E-state index contributed by atoms with van der Waals surface area (Å²) in [5.41, 5.74) is 10.3. The Labute approximate surface area is 105 Å². The van der Waals surface area contributed by atoms with Gasteiger partial charge in [-0.25, -0.2) is 0 Å². The number of hydrogen-bond acceptors (Lipinski definition) is 1. The average molecular weight is 235 g/mol. The largest absolute Gasteiger partial charge is 0.0838 e. The molecule has 3 nitrogen and oxygen atoms in total. The highest BCUT2D eigenvalue weighted by atomic mass is 15.2. The topological polar surface area (TPSA) is 48.8 Å². The van der Waals surface area contributed by atoms with Crippen molar-refractivity contribution in [2.75, 3.05) is 0 Å². The second-order valence-electron chi connectivity index (χ2n) is 7.50. The number of hydrogen-bond donors (Lipinski definition) is 0. The van der Waals surface area contributed by atoms with E-state index in [-0.39, 0.29) is 0 Å². The summed E-state index contributed by atoms with van der Waals surface area (Å²) >= 11 is 0. The van der Waals surface area contributed by atoms with E-state index in [1.807, 2.05) is 13.8 Å². The molecule has 1 rings (SSSR count).